The minimum Gasteiger partial charge on any atom is -0.332 e. The van der Waals surface area contributed by atoms with Gasteiger partial charge in [0.15, 0.2) is 0 Å². The van der Waals surface area contributed by atoms with E-state index in [1.165, 1.54) is 5.56 Å². The van der Waals surface area contributed by atoms with E-state index in [9.17, 15) is 4.79 Å². The van der Waals surface area contributed by atoms with Crippen molar-refractivity contribution in [3.63, 3.8) is 0 Å². The second-order valence-electron chi connectivity index (χ2n) is 5.23. The molecule has 0 spiro atoms. The number of benzene rings is 2. The predicted molar refractivity (Wildman–Crippen MR) is 85.9 cm³/mol. The Kier molecular flexibility index (Phi) is 4.18. The van der Waals surface area contributed by atoms with Crippen molar-refractivity contribution in [2.45, 2.75) is 18.9 Å². The van der Waals surface area contributed by atoms with Crippen LogP contribution < -0.4 is 0 Å². The van der Waals surface area contributed by atoms with Crippen LogP contribution in [0.15, 0.2) is 48.5 Å². The van der Waals surface area contributed by atoms with Crippen LogP contribution in [0.25, 0.3) is 0 Å². The molecule has 1 amide bonds. The van der Waals surface area contributed by atoms with E-state index in [-0.39, 0.29) is 11.9 Å². The lowest BCUT2D eigenvalue weighted by atomic mass is 10.0. The molecule has 0 saturated carbocycles. The molecule has 21 heavy (non-hydrogen) atoms. The van der Waals surface area contributed by atoms with Gasteiger partial charge in [-0.15, -0.1) is 0 Å². The maximum Gasteiger partial charge on any atom is 0.254 e. The Hall–Kier alpha value is -1.51. The predicted octanol–water partition coefficient (Wildman–Crippen LogP) is 4.97. The molecule has 4 heteroatoms. The molecule has 3 rings (SSSR count). The number of halogens is 2. The minimum absolute atomic E-state index is 0.00856. The number of amides is 1. The molecule has 0 unspecified atom stereocenters. The zero-order valence-electron chi connectivity index (χ0n) is 11.4. The third-order valence-corrected chi connectivity index (χ3v) is 4.24. The lowest BCUT2D eigenvalue weighted by molar-refractivity contribution is 0.0735. The largest absolute Gasteiger partial charge is 0.332 e. The normalized spacial score (nSPS) is 18.0. The topological polar surface area (TPSA) is 20.3 Å². The van der Waals surface area contributed by atoms with Crippen LogP contribution in [0.4, 0.5) is 0 Å². The second-order valence-corrected chi connectivity index (χ2v) is 6.10. The summed E-state index contributed by atoms with van der Waals surface area (Å²) < 4.78 is 0. The van der Waals surface area contributed by atoms with Crippen LogP contribution in [0.3, 0.4) is 0 Å². The molecule has 0 aliphatic carbocycles. The van der Waals surface area contributed by atoms with Gasteiger partial charge in [0.2, 0.25) is 0 Å². The van der Waals surface area contributed by atoms with Crippen LogP contribution in [-0.2, 0) is 0 Å². The van der Waals surface area contributed by atoms with Gasteiger partial charge in [0.25, 0.3) is 5.91 Å². The standard InChI is InChI=1S/C17H15Cl2NO/c18-14-9-13(10-15(19)11-14)17(21)20-8-4-7-16(20)12-5-2-1-3-6-12/h1-3,5-6,9-11,16H,4,7-8H2/t16-/m0/s1. The van der Waals surface area contributed by atoms with Gasteiger partial charge in [-0.2, -0.15) is 0 Å². The number of nitrogens with zero attached hydrogens (tertiary/aromatic N) is 1. The molecule has 1 fully saturated rings. The molecule has 1 aliphatic heterocycles. The summed E-state index contributed by atoms with van der Waals surface area (Å²) in [5.74, 6) is -0.00856. The Morgan fingerprint density at radius 1 is 1.05 bits per heavy atom. The van der Waals surface area contributed by atoms with Crippen molar-refractivity contribution < 1.29 is 4.79 Å². The summed E-state index contributed by atoms with van der Waals surface area (Å²) >= 11 is 12.0. The van der Waals surface area contributed by atoms with E-state index in [0.717, 1.165) is 19.4 Å². The number of hydrogen-bond acceptors (Lipinski definition) is 1. The Labute approximate surface area is 134 Å². The molecule has 1 aliphatic rings. The Morgan fingerprint density at radius 2 is 1.71 bits per heavy atom. The summed E-state index contributed by atoms with van der Waals surface area (Å²) in [6.45, 7) is 0.766. The summed E-state index contributed by atoms with van der Waals surface area (Å²) in [7, 11) is 0. The molecule has 0 aromatic heterocycles. The SMILES string of the molecule is O=C(c1cc(Cl)cc(Cl)c1)N1CCC[C@H]1c1ccccc1. The molecule has 108 valence electrons. The second kappa shape index (κ2) is 6.08. The Bertz CT molecular complexity index is 637. The molecule has 2 nitrogen and oxygen atoms in total. The van der Waals surface area contributed by atoms with Crippen molar-refractivity contribution in [1.82, 2.24) is 4.90 Å². The average molecular weight is 320 g/mol. The fraction of sp³-hybridized carbons (Fsp3) is 0.235. The van der Waals surface area contributed by atoms with Crippen molar-refractivity contribution in [2.75, 3.05) is 6.54 Å². The molecule has 1 heterocycles. The Balaban J connectivity index is 1.90. The monoisotopic (exact) mass is 319 g/mol. The van der Waals surface area contributed by atoms with Crippen LogP contribution in [0, 0.1) is 0 Å². The third-order valence-electron chi connectivity index (χ3n) is 3.81. The van der Waals surface area contributed by atoms with Crippen LogP contribution in [0.2, 0.25) is 10.0 Å². The summed E-state index contributed by atoms with van der Waals surface area (Å²) in [5.41, 5.74) is 1.73. The fourth-order valence-corrected chi connectivity index (χ4v) is 3.40. The highest BCUT2D eigenvalue weighted by Gasteiger charge is 2.30. The van der Waals surface area contributed by atoms with Gasteiger partial charge in [-0.25, -0.2) is 0 Å². The van der Waals surface area contributed by atoms with Gasteiger partial charge in [-0.1, -0.05) is 53.5 Å². The summed E-state index contributed by atoms with van der Waals surface area (Å²) in [6.07, 6.45) is 2.00. The summed E-state index contributed by atoms with van der Waals surface area (Å²) in [6, 6.07) is 15.3. The van der Waals surface area contributed by atoms with Gasteiger partial charge in [0, 0.05) is 22.2 Å². The third kappa shape index (κ3) is 3.07. The molecule has 1 atom stereocenters. The zero-order valence-corrected chi connectivity index (χ0v) is 12.9. The Morgan fingerprint density at radius 3 is 2.38 bits per heavy atom. The van der Waals surface area contributed by atoms with Crippen LogP contribution in [0.1, 0.15) is 34.8 Å². The smallest absolute Gasteiger partial charge is 0.254 e. The maximum atomic E-state index is 12.7. The van der Waals surface area contributed by atoms with Gasteiger partial charge in [-0.05, 0) is 36.6 Å². The van der Waals surface area contributed by atoms with Gasteiger partial charge in [0.1, 0.15) is 0 Å². The number of likely N-dealkylation sites (tertiary alicyclic amines) is 1. The number of carbonyl (C=O) groups excluding carboxylic acids is 1. The first-order chi connectivity index (χ1) is 10.1. The van der Waals surface area contributed by atoms with E-state index in [1.807, 2.05) is 23.1 Å². The maximum absolute atomic E-state index is 12.7. The fourth-order valence-electron chi connectivity index (χ4n) is 2.87. The average Bonchev–Trinajstić information content (AvgIpc) is 2.95. The molecule has 0 radical (unpaired) electrons. The minimum atomic E-state index is -0.00856. The lowest BCUT2D eigenvalue weighted by Crippen LogP contribution is -2.30. The summed E-state index contributed by atoms with van der Waals surface area (Å²) in [5, 5.41) is 0.975. The van der Waals surface area contributed by atoms with E-state index in [4.69, 9.17) is 23.2 Å². The van der Waals surface area contributed by atoms with E-state index in [1.54, 1.807) is 18.2 Å². The van der Waals surface area contributed by atoms with Crippen molar-refractivity contribution in [3.05, 3.63) is 69.7 Å². The van der Waals surface area contributed by atoms with Crippen LogP contribution >= 0.6 is 23.2 Å². The highest BCUT2D eigenvalue weighted by molar-refractivity contribution is 6.35. The van der Waals surface area contributed by atoms with E-state index in [2.05, 4.69) is 12.1 Å². The number of hydrogen-bond donors (Lipinski definition) is 0. The first-order valence-corrected chi connectivity index (χ1v) is 7.73. The lowest BCUT2D eigenvalue weighted by Gasteiger charge is -2.25. The van der Waals surface area contributed by atoms with Crippen molar-refractivity contribution in [3.8, 4) is 0 Å². The molecular formula is C17H15Cl2NO. The highest BCUT2D eigenvalue weighted by atomic mass is 35.5. The van der Waals surface area contributed by atoms with E-state index < -0.39 is 0 Å². The summed E-state index contributed by atoms with van der Waals surface area (Å²) in [4.78, 5) is 14.7. The zero-order chi connectivity index (χ0) is 14.8. The molecule has 0 bridgehead atoms. The van der Waals surface area contributed by atoms with Crippen LogP contribution in [0.5, 0.6) is 0 Å². The van der Waals surface area contributed by atoms with Crippen molar-refractivity contribution >= 4 is 29.1 Å². The first-order valence-electron chi connectivity index (χ1n) is 6.97. The van der Waals surface area contributed by atoms with E-state index in [0.29, 0.717) is 15.6 Å². The van der Waals surface area contributed by atoms with E-state index >= 15 is 0 Å². The van der Waals surface area contributed by atoms with Crippen molar-refractivity contribution in [1.29, 1.82) is 0 Å². The first kappa shape index (κ1) is 14.4. The molecule has 1 saturated heterocycles. The molecule has 2 aromatic carbocycles. The van der Waals surface area contributed by atoms with Crippen LogP contribution in [-0.4, -0.2) is 17.4 Å². The van der Waals surface area contributed by atoms with Gasteiger partial charge >= 0.3 is 0 Å². The highest BCUT2D eigenvalue weighted by Crippen LogP contribution is 2.33. The molecule has 2 aromatic rings. The quantitative estimate of drug-likeness (QED) is 0.765. The number of rotatable bonds is 2. The van der Waals surface area contributed by atoms with Gasteiger partial charge in [0.05, 0.1) is 6.04 Å². The number of carbonyl (C=O) groups is 1. The van der Waals surface area contributed by atoms with Crippen molar-refractivity contribution in [2.24, 2.45) is 0 Å². The van der Waals surface area contributed by atoms with Gasteiger partial charge < -0.3 is 4.90 Å². The van der Waals surface area contributed by atoms with Gasteiger partial charge in [-0.3, -0.25) is 4.79 Å². The molecule has 0 N–H and O–H groups in total. The molecular weight excluding hydrogens is 305 g/mol.